The van der Waals surface area contributed by atoms with E-state index in [2.05, 4.69) is 20.6 Å². The molecule has 0 saturated heterocycles. The van der Waals surface area contributed by atoms with Gasteiger partial charge in [-0.25, -0.2) is 14.4 Å². The molecule has 0 aliphatic heterocycles. The van der Waals surface area contributed by atoms with E-state index in [1.807, 2.05) is 6.92 Å². The van der Waals surface area contributed by atoms with Crippen LogP contribution in [-0.4, -0.2) is 28.5 Å². The first-order valence-corrected chi connectivity index (χ1v) is 7.75. The molecule has 23 heavy (non-hydrogen) atoms. The fourth-order valence-electron chi connectivity index (χ4n) is 2.22. The summed E-state index contributed by atoms with van der Waals surface area (Å²) in [5, 5.41) is 6.04. The molecule has 5 nitrogen and oxygen atoms in total. The molecule has 0 spiro atoms. The van der Waals surface area contributed by atoms with Crippen molar-refractivity contribution < 1.29 is 9.18 Å². The summed E-state index contributed by atoms with van der Waals surface area (Å²) in [7, 11) is 0. The van der Waals surface area contributed by atoms with Crippen LogP contribution in [0.25, 0.3) is 0 Å². The number of halogens is 1. The number of hydrogen-bond donors (Lipinski definition) is 2. The van der Waals surface area contributed by atoms with E-state index in [9.17, 15) is 9.18 Å². The Hall–Kier alpha value is -2.50. The van der Waals surface area contributed by atoms with Gasteiger partial charge in [0.1, 0.15) is 11.5 Å². The van der Waals surface area contributed by atoms with E-state index in [1.54, 1.807) is 18.2 Å². The Morgan fingerprint density at radius 2 is 2.00 bits per heavy atom. The van der Waals surface area contributed by atoms with Crippen LogP contribution in [0.2, 0.25) is 0 Å². The summed E-state index contributed by atoms with van der Waals surface area (Å²) in [5.74, 6) is 0.0255. The molecule has 1 aromatic carbocycles. The zero-order valence-corrected chi connectivity index (χ0v) is 13.0. The largest absolute Gasteiger partial charge is 0.351 e. The maximum atomic E-state index is 12.8. The first-order valence-electron chi connectivity index (χ1n) is 7.75. The van der Waals surface area contributed by atoms with Gasteiger partial charge in [0.25, 0.3) is 5.91 Å². The highest BCUT2D eigenvalue weighted by molar-refractivity contribution is 5.92. The molecule has 3 rings (SSSR count). The van der Waals surface area contributed by atoms with Crippen molar-refractivity contribution in [1.82, 2.24) is 15.3 Å². The Labute approximate surface area is 134 Å². The minimum absolute atomic E-state index is 0.226. The monoisotopic (exact) mass is 314 g/mol. The van der Waals surface area contributed by atoms with Gasteiger partial charge < -0.3 is 10.6 Å². The van der Waals surface area contributed by atoms with Crippen LogP contribution in [0.1, 0.15) is 34.6 Å². The number of amides is 1. The van der Waals surface area contributed by atoms with Crippen LogP contribution in [0.5, 0.6) is 0 Å². The van der Waals surface area contributed by atoms with Gasteiger partial charge in [0.2, 0.25) is 5.95 Å². The number of rotatable bonds is 6. The van der Waals surface area contributed by atoms with Crippen molar-refractivity contribution in [2.24, 2.45) is 0 Å². The predicted octanol–water partition coefficient (Wildman–Crippen LogP) is 2.47. The Morgan fingerprint density at radius 1 is 1.26 bits per heavy atom. The third kappa shape index (κ3) is 4.48. The average Bonchev–Trinajstić information content (AvgIpc) is 3.32. The quantitative estimate of drug-likeness (QED) is 0.859. The second-order valence-electron chi connectivity index (χ2n) is 5.77. The van der Waals surface area contributed by atoms with Crippen molar-refractivity contribution in [1.29, 1.82) is 0 Å². The molecule has 1 aromatic heterocycles. The summed E-state index contributed by atoms with van der Waals surface area (Å²) in [6, 6.07) is 8.38. The summed E-state index contributed by atoms with van der Waals surface area (Å²) in [5.41, 5.74) is 2.09. The molecule has 1 amide bonds. The van der Waals surface area contributed by atoms with Gasteiger partial charge in [-0.1, -0.05) is 12.1 Å². The van der Waals surface area contributed by atoms with E-state index in [0.29, 0.717) is 30.6 Å². The number of nitrogens with zero attached hydrogens (tertiary/aromatic N) is 2. The molecule has 1 saturated carbocycles. The summed E-state index contributed by atoms with van der Waals surface area (Å²) in [4.78, 5) is 20.8. The number of nitrogens with one attached hydrogen (secondary N) is 2. The first kappa shape index (κ1) is 15.4. The lowest BCUT2D eigenvalue weighted by atomic mass is 10.1. The van der Waals surface area contributed by atoms with Crippen molar-refractivity contribution in [2.45, 2.75) is 32.2 Å². The second-order valence-corrected chi connectivity index (χ2v) is 5.77. The van der Waals surface area contributed by atoms with Gasteiger partial charge in [-0.15, -0.1) is 0 Å². The molecule has 0 radical (unpaired) electrons. The van der Waals surface area contributed by atoms with Crippen LogP contribution in [0, 0.1) is 12.7 Å². The molecule has 0 atom stereocenters. The lowest BCUT2D eigenvalue weighted by Gasteiger charge is -2.08. The molecule has 6 heteroatoms. The minimum atomic E-state index is -0.259. The number of aromatic nitrogens is 2. The van der Waals surface area contributed by atoms with Crippen LogP contribution in [0.15, 0.2) is 30.3 Å². The second kappa shape index (κ2) is 6.73. The number of anilines is 1. The number of benzene rings is 1. The van der Waals surface area contributed by atoms with Gasteiger partial charge in [0.05, 0.1) is 0 Å². The van der Waals surface area contributed by atoms with Gasteiger partial charge in [-0.2, -0.15) is 0 Å². The fourth-order valence-corrected chi connectivity index (χ4v) is 2.22. The Kier molecular flexibility index (Phi) is 4.50. The van der Waals surface area contributed by atoms with Crippen molar-refractivity contribution in [3.8, 4) is 0 Å². The first-order chi connectivity index (χ1) is 11.1. The molecular formula is C17H19FN4O. The lowest BCUT2D eigenvalue weighted by molar-refractivity contribution is 0.0949. The van der Waals surface area contributed by atoms with Gasteiger partial charge in [-0.05, 0) is 49.9 Å². The maximum Gasteiger partial charge on any atom is 0.270 e. The Balaban J connectivity index is 1.56. The molecule has 2 aromatic rings. The molecule has 120 valence electrons. The van der Waals surface area contributed by atoms with Crippen LogP contribution in [0.3, 0.4) is 0 Å². The Morgan fingerprint density at radius 3 is 2.70 bits per heavy atom. The zero-order chi connectivity index (χ0) is 16.2. The third-order valence-corrected chi connectivity index (χ3v) is 3.61. The molecular weight excluding hydrogens is 295 g/mol. The summed E-state index contributed by atoms with van der Waals surface area (Å²) in [6.07, 6.45) is 2.89. The van der Waals surface area contributed by atoms with Crippen molar-refractivity contribution in [3.63, 3.8) is 0 Å². The number of carbonyl (C=O) groups is 1. The van der Waals surface area contributed by atoms with Gasteiger partial charge in [0, 0.05) is 18.3 Å². The average molecular weight is 314 g/mol. The van der Waals surface area contributed by atoms with E-state index < -0.39 is 0 Å². The van der Waals surface area contributed by atoms with Crippen molar-refractivity contribution >= 4 is 11.9 Å². The predicted molar refractivity (Wildman–Crippen MR) is 85.9 cm³/mol. The molecule has 2 N–H and O–H groups in total. The third-order valence-electron chi connectivity index (χ3n) is 3.61. The molecule has 0 bridgehead atoms. The number of hydrogen-bond acceptors (Lipinski definition) is 4. The number of aryl methyl sites for hydroxylation is 1. The van der Waals surface area contributed by atoms with Crippen LogP contribution in [-0.2, 0) is 6.42 Å². The standard InChI is InChI=1S/C17H19FN4O/c1-11-10-15(22-17(20-11)21-14-6-7-14)16(23)19-9-8-12-2-4-13(18)5-3-12/h2-5,10,14H,6-9H2,1H3,(H,19,23)(H,20,21,22). The minimum Gasteiger partial charge on any atom is -0.351 e. The maximum absolute atomic E-state index is 12.8. The van der Waals surface area contributed by atoms with Crippen LogP contribution < -0.4 is 10.6 Å². The number of carbonyl (C=O) groups excluding carboxylic acids is 1. The summed E-state index contributed by atoms with van der Waals surface area (Å²) < 4.78 is 12.8. The van der Waals surface area contributed by atoms with Gasteiger partial charge in [-0.3, -0.25) is 4.79 Å². The van der Waals surface area contributed by atoms with Crippen LogP contribution >= 0.6 is 0 Å². The van der Waals surface area contributed by atoms with E-state index in [1.165, 1.54) is 12.1 Å². The zero-order valence-electron chi connectivity index (χ0n) is 13.0. The SMILES string of the molecule is Cc1cc(C(=O)NCCc2ccc(F)cc2)nc(NC2CC2)n1. The molecule has 0 unspecified atom stereocenters. The molecule has 1 heterocycles. The summed E-state index contributed by atoms with van der Waals surface area (Å²) in [6.45, 7) is 2.31. The fraction of sp³-hybridized carbons (Fsp3) is 0.353. The smallest absolute Gasteiger partial charge is 0.270 e. The van der Waals surface area contributed by atoms with Crippen molar-refractivity contribution in [3.05, 3.63) is 53.1 Å². The lowest BCUT2D eigenvalue weighted by Crippen LogP contribution is -2.27. The molecule has 1 aliphatic rings. The summed E-state index contributed by atoms with van der Waals surface area (Å²) >= 11 is 0. The van der Waals surface area contributed by atoms with E-state index >= 15 is 0 Å². The Bertz CT molecular complexity index is 698. The topological polar surface area (TPSA) is 66.9 Å². The highest BCUT2D eigenvalue weighted by Gasteiger charge is 2.22. The van der Waals surface area contributed by atoms with E-state index in [4.69, 9.17) is 0 Å². The van der Waals surface area contributed by atoms with Gasteiger partial charge in [0.15, 0.2) is 0 Å². The van der Waals surface area contributed by atoms with Crippen LogP contribution in [0.4, 0.5) is 10.3 Å². The van der Waals surface area contributed by atoms with Crippen molar-refractivity contribution in [2.75, 3.05) is 11.9 Å². The van der Waals surface area contributed by atoms with Gasteiger partial charge >= 0.3 is 0 Å². The van der Waals surface area contributed by atoms with E-state index in [-0.39, 0.29) is 11.7 Å². The molecule has 1 fully saturated rings. The molecule has 1 aliphatic carbocycles. The highest BCUT2D eigenvalue weighted by Crippen LogP contribution is 2.23. The highest BCUT2D eigenvalue weighted by atomic mass is 19.1. The van der Waals surface area contributed by atoms with E-state index in [0.717, 1.165) is 24.1 Å². The normalized spacial score (nSPS) is 13.7.